The topological polar surface area (TPSA) is 67.8 Å². The van der Waals surface area contributed by atoms with Crippen LogP contribution in [0.5, 0.6) is 0 Å². The van der Waals surface area contributed by atoms with Gasteiger partial charge in [0.25, 0.3) is 0 Å². The largest absolute Gasteiger partial charge is 0.437 e. The molecule has 0 aromatic heterocycles. The minimum atomic E-state index is -0.674. The van der Waals surface area contributed by atoms with Gasteiger partial charge in [-0.15, -0.1) is 0 Å². The second-order valence-electron chi connectivity index (χ2n) is 5.79. The van der Waals surface area contributed by atoms with E-state index in [1.165, 1.54) is 0 Å². The number of amides is 1. The second-order valence-corrected chi connectivity index (χ2v) is 5.79. The number of ketones is 1. The van der Waals surface area contributed by atoms with E-state index >= 15 is 0 Å². The third kappa shape index (κ3) is 4.39. The summed E-state index contributed by atoms with van der Waals surface area (Å²) in [5, 5.41) is 6.49. The van der Waals surface area contributed by atoms with E-state index in [4.69, 9.17) is 4.84 Å². The van der Waals surface area contributed by atoms with E-state index in [9.17, 15) is 9.59 Å². The Morgan fingerprint density at radius 2 is 1.78 bits per heavy atom. The number of nitrogens with zero attached hydrogens (tertiary/aromatic N) is 1. The lowest BCUT2D eigenvalue weighted by molar-refractivity contribution is -0.111. The number of rotatable bonds is 3. The number of hydrogen-bond acceptors (Lipinski definition) is 4. The van der Waals surface area contributed by atoms with Crippen molar-refractivity contribution in [2.75, 3.05) is 5.32 Å². The molecule has 0 fully saturated rings. The molecule has 23 heavy (non-hydrogen) atoms. The summed E-state index contributed by atoms with van der Waals surface area (Å²) < 4.78 is 0. The van der Waals surface area contributed by atoms with Crippen LogP contribution in [0.1, 0.15) is 26.3 Å². The maximum absolute atomic E-state index is 11.8. The van der Waals surface area contributed by atoms with Crippen molar-refractivity contribution in [2.24, 2.45) is 11.1 Å². The number of oxime groups is 1. The summed E-state index contributed by atoms with van der Waals surface area (Å²) in [5.41, 5.74) is 3.55. The van der Waals surface area contributed by atoms with Gasteiger partial charge in [0.2, 0.25) is 0 Å². The minimum absolute atomic E-state index is 0.0447. The van der Waals surface area contributed by atoms with Crippen molar-refractivity contribution < 1.29 is 14.4 Å². The van der Waals surface area contributed by atoms with Crippen LogP contribution in [0.25, 0.3) is 0 Å². The zero-order valence-electron chi connectivity index (χ0n) is 13.7. The number of anilines is 1. The van der Waals surface area contributed by atoms with E-state index < -0.39 is 6.09 Å². The van der Waals surface area contributed by atoms with Crippen molar-refractivity contribution in [1.29, 1.82) is 0 Å². The number of hydrogen-bond donors (Lipinski definition) is 1. The van der Waals surface area contributed by atoms with Gasteiger partial charge in [-0.3, -0.25) is 14.9 Å². The van der Waals surface area contributed by atoms with E-state index in [0.717, 1.165) is 11.1 Å². The average Bonchev–Trinajstić information content (AvgIpc) is 2.50. The summed E-state index contributed by atoms with van der Waals surface area (Å²) in [6, 6.07) is 7.35. The predicted molar refractivity (Wildman–Crippen MR) is 90.4 cm³/mol. The smallest absolute Gasteiger partial charge is 0.297 e. The minimum Gasteiger partial charge on any atom is -0.297 e. The number of aryl methyl sites for hydroxylation is 1. The number of nitrogens with one attached hydrogen (secondary N) is 1. The van der Waals surface area contributed by atoms with Crippen LogP contribution < -0.4 is 5.32 Å². The summed E-state index contributed by atoms with van der Waals surface area (Å²) in [5.74, 6) is 0.0579. The first-order valence-corrected chi connectivity index (χ1v) is 7.44. The molecule has 0 atom stereocenters. The molecule has 0 radical (unpaired) electrons. The van der Waals surface area contributed by atoms with Gasteiger partial charge < -0.3 is 0 Å². The molecule has 1 amide bonds. The fraction of sp³-hybridized carbons (Fsp3) is 0.278. The van der Waals surface area contributed by atoms with Crippen molar-refractivity contribution in [1.82, 2.24) is 0 Å². The molecular formula is C18H20N2O3. The normalized spacial score (nSPS) is 16.2. The zero-order valence-corrected chi connectivity index (χ0v) is 13.7. The average molecular weight is 312 g/mol. The first kappa shape index (κ1) is 16.7. The van der Waals surface area contributed by atoms with Gasteiger partial charge in [0.05, 0.1) is 0 Å². The van der Waals surface area contributed by atoms with E-state index in [-0.39, 0.29) is 11.7 Å². The third-order valence-corrected chi connectivity index (χ3v) is 3.47. The lowest BCUT2D eigenvalue weighted by atomic mass is 9.90. The SMILES string of the molecule is CC1=CC(=NOC(=O)Nc2ccc(C)cc2)C(C(C)C)=CC1=O. The van der Waals surface area contributed by atoms with Crippen LogP contribution in [0.2, 0.25) is 0 Å². The van der Waals surface area contributed by atoms with Gasteiger partial charge in [-0.1, -0.05) is 36.7 Å². The maximum Gasteiger partial charge on any atom is 0.437 e. The Morgan fingerprint density at radius 3 is 2.39 bits per heavy atom. The van der Waals surface area contributed by atoms with Gasteiger partial charge in [0, 0.05) is 5.69 Å². The zero-order chi connectivity index (χ0) is 17.0. The lowest BCUT2D eigenvalue weighted by Gasteiger charge is -2.15. The lowest BCUT2D eigenvalue weighted by Crippen LogP contribution is -2.18. The van der Waals surface area contributed by atoms with Crippen LogP contribution in [0.4, 0.5) is 10.5 Å². The molecule has 1 aromatic rings. The fourth-order valence-electron chi connectivity index (χ4n) is 2.10. The Bertz CT molecular complexity index is 710. The Hall–Kier alpha value is -2.69. The molecule has 1 aliphatic carbocycles. The van der Waals surface area contributed by atoms with Crippen molar-refractivity contribution in [2.45, 2.75) is 27.7 Å². The van der Waals surface area contributed by atoms with Gasteiger partial charge in [-0.05, 0) is 55.2 Å². The Kier molecular flexibility index (Phi) is 5.11. The standard InChI is InChI=1S/C18H20N2O3/c1-11(2)15-10-17(21)13(4)9-16(15)20-23-18(22)19-14-7-5-12(3)6-8-14/h5-11H,1-4H3,(H,19,22). The van der Waals surface area contributed by atoms with Crippen molar-refractivity contribution in [3.05, 3.63) is 53.1 Å². The maximum atomic E-state index is 11.8. The van der Waals surface area contributed by atoms with Gasteiger partial charge in [0.15, 0.2) is 5.78 Å². The molecule has 120 valence electrons. The van der Waals surface area contributed by atoms with Crippen molar-refractivity contribution >= 4 is 23.3 Å². The number of carbonyl (C=O) groups excluding carboxylic acids is 2. The summed E-state index contributed by atoms with van der Waals surface area (Å²) in [6.45, 7) is 7.58. The molecule has 1 N–H and O–H groups in total. The predicted octanol–water partition coefficient (Wildman–Crippen LogP) is 4.01. The van der Waals surface area contributed by atoms with Crippen LogP contribution in [-0.4, -0.2) is 17.6 Å². The molecule has 0 saturated carbocycles. The van der Waals surface area contributed by atoms with Gasteiger partial charge in [-0.2, -0.15) is 0 Å². The molecule has 0 spiro atoms. The molecule has 5 heteroatoms. The highest BCUT2D eigenvalue weighted by atomic mass is 16.7. The summed E-state index contributed by atoms with van der Waals surface area (Å²) in [6.07, 6.45) is 2.50. The second kappa shape index (κ2) is 7.05. The van der Waals surface area contributed by atoms with Crippen LogP contribution in [0.3, 0.4) is 0 Å². The molecule has 1 aliphatic rings. The molecule has 0 saturated heterocycles. The number of carbonyl (C=O) groups is 2. The van der Waals surface area contributed by atoms with E-state index in [1.54, 1.807) is 31.2 Å². The number of allylic oxidation sites excluding steroid dienone is 4. The highest BCUT2D eigenvalue weighted by Gasteiger charge is 2.19. The first-order chi connectivity index (χ1) is 10.9. The molecule has 0 unspecified atom stereocenters. The van der Waals surface area contributed by atoms with Crippen LogP contribution in [0, 0.1) is 12.8 Å². The Labute approximate surface area is 135 Å². The fourth-order valence-corrected chi connectivity index (χ4v) is 2.10. The molecule has 0 bridgehead atoms. The van der Waals surface area contributed by atoms with Gasteiger partial charge >= 0.3 is 6.09 Å². The van der Waals surface area contributed by atoms with Crippen LogP contribution in [-0.2, 0) is 9.63 Å². The molecule has 0 heterocycles. The van der Waals surface area contributed by atoms with Crippen LogP contribution >= 0.6 is 0 Å². The molecular weight excluding hydrogens is 292 g/mol. The van der Waals surface area contributed by atoms with E-state index in [1.807, 2.05) is 32.9 Å². The Balaban J connectivity index is 2.08. The van der Waals surface area contributed by atoms with Crippen molar-refractivity contribution in [3.8, 4) is 0 Å². The summed E-state index contributed by atoms with van der Waals surface area (Å²) in [7, 11) is 0. The van der Waals surface area contributed by atoms with Gasteiger partial charge in [-0.25, -0.2) is 4.79 Å². The molecule has 0 aliphatic heterocycles. The summed E-state index contributed by atoms with van der Waals surface area (Å²) in [4.78, 5) is 28.5. The van der Waals surface area contributed by atoms with E-state index in [2.05, 4.69) is 10.5 Å². The van der Waals surface area contributed by atoms with Crippen molar-refractivity contribution in [3.63, 3.8) is 0 Å². The molecule has 1 aromatic carbocycles. The first-order valence-electron chi connectivity index (χ1n) is 7.44. The monoisotopic (exact) mass is 312 g/mol. The third-order valence-electron chi connectivity index (χ3n) is 3.47. The number of benzene rings is 1. The van der Waals surface area contributed by atoms with Gasteiger partial charge in [0.1, 0.15) is 5.71 Å². The highest BCUT2D eigenvalue weighted by molar-refractivity contribution is 6.21. The quantitative estimate of drug-likeness (QED) is 0.521. The van der Waals surface area contributed by atoms with E-state index in [0.29, 0.717) is 17.0 Å². The molecule has 5 nitrogen and oxygen atoms in total. The Morgan fingerprint density at radius 1 is 1.13 bits per heavy atom. The van der Waals surface area contributed by atoms with Crippen LogP contribution in [0.15, 0.2) is 52.7 Å². The summed E-state index contributed by atoms with van der Waals surface area (Å²) >= 11 is 0. The highest BCUT2D eigenvalue weighted by Crippen LogP contribution is 2.20. The molecule has 2 rings (SSSR count).